The van der Waals surface area contributed by atoms with Crippen molar-refractivity contribution in [2.45, 2.75) is 122 Å². The van der Waals surface area contributed by atoms with E-state index in [1.807, 2.05) is 12.1 Å². The number of ketones is 1. The highest BCUT2D eigenvalue weighted by Crippen LogP contribution is 2.49. The van der Waals surface area contributed by atoms with E-state index < -0.39 is 0 Å². The van der Waals surface area contributed by atoms with Crippen molar-refractivity contribution in [3.63, 3.8) is 0 Å². The summed E-state index contributed by atoms with van der Waals surface area (Å²) < 4.78 is 11.9. The normalized spacial score (nSPS) is 30.8. The number of ether oxygens (including phenoxy) is 2. The molecule has 0 amide bonds. The summed E-state index contributed by atoms with van der Waals surface area (Å²) in [5.74, 6) is 8.04. The van der Waals surface area contributed by atoms with Gasteiger partial charge >= 0.3 is 0 Å². The minimum Gasteiger partial charge on any atom is -0.493 e. The van der Waals surface area contributed by atoms with Crippen LogP contribution in [0.3, 0.4) is 0 Å². The smallest absolute Gasteiger partial charge is 0.167 e. The third-order valence-electron chi connectivity index (χ3n) is 13.1. The summed E-state index contributed by atoms with van der Waals surface area (Å²) in [6.45, 7) is 12.0. The van der Waals surface area contributed by atoms with Gasteiger partial charge in [0, 0.05) is 12.1 Å². The fourth-order valence-corrected chi connectivity index (χ4v) is 10.7. The second-order valence-corrected chi connectivity index (χ2v) is 16.9. The van der Waals surface area contributed by atoms with Crippen molar-refractivity contribution in [2.75, 3.05) is 39.4 Å². The van der Waals surface area contributed by atoms with Gasteiger partial charge in [0.05, 0.1) is 6.61 Å². The highest BCUT2D eigenvalue weighted by atomic mass is 16.5. The molecule has 2 aliphatic heterocycles. The molecular formula is C43H62N2O3. The molecule has 5 heteroatoms. The number of benzene rings is 2. The number of Topliss-reactive ketones (excluding diaryl/α,β-unsaturated/α-hetero) is 1. The Morgan fingerprint density at radius 1 is 0.646 bits per heavy atom. The van der Waals surface area contributed by atoms with Crippen LogP contribution in [0.4, 0.5) is 0 Å². The van der Waals surface area contributed by atoms with Crippen LogP contribution in [0.1, 0.15) is 121 Å². The summed E-state index contributed by atoms with van der Waals surface area (Å²) in [5, 5.41) is 0. The van der Waals surface area contributed by atoms with Gasteiger partial charge in [-0.15, -0.1) is 0 Å². The number of para-hydroxylation sites is 2. The third kappa shape index (κ3) is 7.99. The molecule has 6 atom stereocenters. The average Bonchev–Trinajstić information content (AvgIpc) is 3.95. The highest BCUT2D eigenvalue weighted by molar-refractivity contribution is 5.77. The zero-order valence-electron chi connectivity index (χ0n) is 30.2. The maximum absolute atomic E-state index is 11.2. The number of hydrogen-bond acceptors (Lipinski definition) is 5. The zero-order valence-corrected chi connectivity index (χ0v) is 30.2. The monoisotopic (exact) mass is 654 g/mol. The molecule has 48 heavy (non-hydrogen) atoms. The molecule has 2 aromatic carbocycles. The van der Waals surface area contributed by atoms with Gasteiger partial charge in [-0.2, -0.15) is 0 Å². The Labute approximate surface area is 291 Å². The van der Waals surface area contributed by atoms with Gasteiger partial charge in [-0.05, 0) is 162 Å². The molecule has 2 saturated heterocycles. The first kappa shape index (κ1) is 34.1. The van der Waals surface area contributed by atoms with Crippen LogP contribution >= 0.6 is 0 Å². The number of fused-ring (bicyclic) bond motifs is 4. The summed E-state index contributed by atoms with van der Waals surface area (Å²) in [7, 11) is 0. The van der Waals surface area contributed by atoms with Gasteiger partial charge in [0.2, 0.25) is 0 Å². The van der Waals surface area contributed by atoms with Crippen molar-refractivity contribution in [3.8, 4) is 11.5 Å². The summed E-state index contributed by atoms with van der Waals surface area (Å²) in [4.78, 5) is 16.8. The fraction of sp³-hybridized carbons (Fsp3) is 0.698. The van der Waals surface area contributed by atoms with E-state index in [1.54, 1.807) is 6.92 Å². The van der Waals surface area contributed by atoms with Crippen LogP contribution in [-0.2, 0) is 4.79 Å². The Kier molecular flexibility index (Phi) is 11.1. The molecule has 6 aliphatic rings. The molecular weight excluding hydrogens is 592 g/mol. The minimum atomic E-state index is 0.0795. The molecule has 0 aromatic heterocycles. The predicted octanol–water partition coefficient (Wildman–Crippen LogP) is 9.11. The van der Waals surface area contributed by atoms with Crippen molar-refractivity contribution in [1.82, 2.24) is 9.80 Å². The van der Waals surface area contributed by atoms with E-state index >= 15 is 0 Å². The first-order chi connectivity index (χ1) is 23.4. The number of carbonyl (C=O) groups is 1. The number of piperidine rings is 2. The maximum Gasteiger partial charge on any atom is 0.167 e. The maximum atomic E-state index is 11.2. The Hall–Kier alpha value is -2.37. The Morgan fingerprint density at radius 2 is 1.10 bits per heavy atom. The minimum absolute atomic E-state index is 0.0795. The van der Waals surface area contributed by atoms with Crippen LogP contribution in [0.25, 0.3) is 0 Å². The molecule has 4 aliphatic carbocycles. The fourth-order valence-electron chi connectivity index (χ4n) is 10.7. The number of hydrogen-bond donors (Lipinski definition) is 0. The Morgan fingerprint density at radius 3 is 1.50 bits per heavy atom. The van der Waals surface area contributed by atoms with Crippen LogP contribution < -0.4 is 9.47 Å². The van der Waals surface area contributed by atoms with Crippen molar-refractivity contribution in [2.24, 2.45) is 29.6 Å². The highest BCUT2D eigenvalue weighted by Gasteiger charge is 2.44. The molecule has 0 spiro atoms. The van der Waals surface area contributed by atoms with Gasteiger partial charge in [-0.25, -0.2) is 0 Å². The quantitative estimate of drug-likeness (QED) is 0.256. The largest absolute Gasteiger partial charge is 0.493 e. The lowest BCUT2D eigenvalue weighted by Gasteiger charge is -2.40. The van der Waals surface area contributed by atoms with Crippen LogP contribution in [0.15, 0.2) is 48.5 Å². The van der Waals surface area contributed by atoms with Gasteiger partial charge in [-0.1, -0.05) is 63.1 Å². The lowest BCUT2D eigenvalue weighted by molar-refractivity contribution is -0.118. The van der Waals surface area contributed by atoms with Crippen molar-refractivity contribution in [1.29, 1.82) is 0 Å². The van der Waals surface area contributed by atoms with Gasteiger partial charge in [0.1, 0.15) is 18.1 Å². The molecule has 262 valence electrons. The molecule has 4 saturated carbocycles. The lowest BCUT2D eigenvalue weighted by atomic mass is 9.86. The van der Waals surface area contributed by atoms with E-state index in [0.717, 1.165) is 53.9 Å². The molecule has 2 heterocycles. The molecule has 5 nitrogen and oxygen atoms in total. The zero-order chi connectivity index (χ0) is 33.0. The number of rotatable bonds is 10. The second-order valence-electron chi connectivity index (χ2n) is 16.9. The molecule has 0 radical (unpaired) electrons. The lowest BCUT2D eigenvalue weighted by Crippen LogP contribution is -2.43. The topological polar surface area (TPSA) is 42.0 Å². The van der Waals surface area contributed by atoms with E-state index in [9.17, 15) is 4.79 Å². The number of nitrogens with zero attached hydrogens (tertiary/aromatic N) is 2. The van der Waals surface area contributed by atoms with E-state index in [1.165, 1.54) is 114 Å². The molecule has 0 N–H and O–H groups in total. The average molecular weight is 655 g/mol. The predicted molar refractivity (Wildman–Crippen MR) is 195 cm³/mol. The van der Waals surface area contributed by atoms with Gasteiger partial charge in [0.25, 0.3) is 0 Å². The summed E-state index contributed by atoms with van der Waals surface area (Å²) in [5.41, 5.74) is 2.75. The molecule has 4 bridgehead atoms. The standard InChI is InChI=1S/C22H33NO.C21H29NO2/c1-16(2)15-24-22-6-4-3-5-20(22)18-9-11-23(12-10-18)21-14-17-7-8-19(21)13-17;1-15(23)14-24-21-5-3-2-4-19(21)17-8-10-22(11-9-17)20-13-16-6-7-18(20)12-16/h3-6,16-19,21H,7-15H2,1-2H3;2-5,16-18,20H,6-14H2,1H3/t17-,19-,21-;16-,18-,20-/m00/s1. The first-order valence-corrected chi connectivity index (χ1v) is 19.8. The van der Waals surface area contributed by atoms with E-state index in [4.69, 9.17) is 9.47 Å². The summed E-state index contributed by atoms with van der Waals surface area (Å²) in [6, 6.07) is 18.8. The van der Waals surface area contributed by atoms with Gasteiger partial charge in [-0.3, -0.25) is 4.79 Å². The summed E-state index contributed by atoms with van der Waals surface area (Å²) >= 11 is 0. The van der Waals surface area contributed by atoms with Crippen LogP contribution in [0.2, 0.25) is 0 Å². The Balaban J connectivity index is 0.000000152. The SMILES string of the molecule is CC(=O)COc1ccccc1C1CCN([C@H]2C[C@H]3CC[C@H]2C3)CC1.CC(C)COc1ccccc1C1CCN([C@H]2C[C@H]3CC[C@H]2C3)CC1. The number of carbonyl (C=O) groups excluding carboxylic acids is 1. The Bertz CT molecular complexity index is 1340. The number of likely N-dealkylation sites (tertiary alicyclic amines) is 2. The van der Waals surface area contributed by atoms with Crippen molar-refractivity contribution < 1.29 is 14.3 Å². The van der Waals surface area contributed by atoms with Crippen LogP contribution in [0.5, 0.6) is 11.5 Å². The van der Waals surface area contributed by atoms with Crippen LogP contribution in [-0.4, -0.2) is 67.1 Å². The van der Waals surface area contributed by atoms with E-state index in [-0.39, 0.29) is 12.4 Å². The molecule has 2 aromatic rings. The van der Waals surface area contributed by atoms with Crippen molar-refractivity contribution in [3.05, 3.63) is 59.7 Å². The van der Waals surface area contributed by atoms with E-state index in [0.29, 0.717) is 17.8 Å². The van der Waals surface area contributed by atoms with Crippen LogP contribution in [0, 0.1) is 29.6 Å². The third-order valence-corrected chi connectivity index (χ3v) is 13.1. The first-order valence-electron chi connectivity index (χ1n) is 19.8. The molecule has 8 rings (SSSR count). The van der Waals surface area contributed by atoms with Crippen molar-refractivity contribution >= 4 is 5.78 Å². The summed E-state index contributed by atoms with van der Waals surface area (Å²) in [6.07, 6.45) is 17.0. The molecule has 0 unspecified atom stereocenters. The second kappa shape index (κ2) is 15.7. The van der Waals surface area contributed by atoms with Gasteiger partial charge < -0.3 is 19.3 Å². The van der Waals surface area contributed by atoms with Gasteiger partial charge in [0.15, 0.2) is 5.78 Å². The van der Waals surface area contributed by atoms with E-state index in [2.05, 4.69) is 60.0 Å². The molecule has 6 fully saturated rings.